The summed E-state index contributed by atoms with van der Waals surface area (Å²) in [5.74, 6) is 0.211. The quantitative estimate of drug-likeness (QED) is 0.497. The first-order valence-corrected chi connectivity index (χ1v) is 9.88. The lowest BCUT2D eigenvalue weighted by Crippen LogP contribution is -2.21. The number of rotatable bonds is 4. The fraction of sp³-hybridized carbons (Fsp3) is 0.115. The van der Waals surface area contributed by atoms with E-state index in [2.05, 4.69) is 29.6 Å². The molecule has 29 heavy (non-hydrogen) atoms. The van der Waals surface area contributed by atoms with Crippen LogP contribution in [0.25, 0.3) is 10.8 Å². The Hall–Kier alpha value is -3.43. The molecule has 3 heteroatoms. The summed E-state index contributed by atoms with van der Waals surface area (Å²) in [6.45, 7) is 0. The minimum atomic E-state index is -0.281. The number of anilines is 1. The van der Waals surface area contributed by atoms with Gasteiger partial charge in [0, 0.05) is 22.7 Å². The number of hydrogen-bond donors (Lipinski definition) is 2. The van der Waals surface area contributed by atoms with Gasteiger partial charge in [0.25, 0.3) is 5.91 Å². The van der Waals surface area contributed by atoms with Gasteiger partial charge in [0.1, 0.15) is 0 Å². The van der Waals surface area contributed by atoms with E-state index in [4.69, 9.17) is 5.73 Å². The van der Waals surface area contributed by atoms with Gasteiger partial charge in [-0.05, 0) is 52.6 Å². The van der Waals surface area contributed by atoms with Crippen molar-refractivity contribution in [2.24, 2.45) is 5.73 Å². The molecule has 4 aromatic carbocycles. The monoisotopic (exact) mass is 378 g/mol. The van der Waals surface area contributed by atoms with E-state index in [1.54, 1.807) is 0 Å². The van der Waals surface area contributed by atoms with E-state index >= 15 is 0 Å². The summed E-state index contributed by atoms with van der Waals surface area (Å²) >= 11 is 0. The molecule has 1 amide bonds. The van der Waals surface area contributed by atoms with Crippen LogP contribution in [0.2, 0.25) is 0 Å². The van der Waals surface area contributed by atoms with E-state index in [1.165, 1.54) is 11.1 Å². The maximum atomic E-state index is 12.6. The first kappa shape index (κ1) is 17.7. The molecule has 3 N–H and O–H groups in total. The molecule has 0 heterocycles. The highest BCUT2D eigenvalue weighted by Gasteiger charge is 2.52. The highest BCUT2D eigenvalue weighted by atomic mass is 16.1. The Kier molecular flexibility index (Phi) is 4.18. The van der Waals surface area contributed by atoms with Crippen LogP contribution in [0.5, 0.6) is 0 Å². The van der Waals surface area contributed by atoms with Gasteiger partial charge in [-0.3, -0.25) is 4.79 Å². The SMILES string of the molecule is N[C@@]1(c2ccccc2)C[C@H]1c1ccc(NC(=O)c2ccc3ccccc3c2)cc1. The van der Waals surface area contributed by atoms with E-state index in [0.29, 0.717) is 11.5 Å². The summed E-state index contributed by atoms with van der Waals surface area (Å²) in [6, 6.07) is 32.1. The summed E-state index contributed by atoms with van der Waals surface area (Å²) in [4.78, 5) is 12.6. The number of hydrogen-bond acceptors (Lipinski definition) is 2. The van der Waals surface area contributed by atoms with E-state index < -0.39 is 0 Å². The lowest BCUT2D eigenvalue weighted by Gasteiger charge is -2.13. The maximum absolute atomic E-state index is 12.6. The highest BCUT2D eigenvalue weighted by molar-refractivity contribution is 6.06. The standard InChI is InChI=1S/C26H22N2O/c27-26(22-8-2-1-3-9-22)17-24(26)19-12-14-23(15-13-19)28-25(29)21-11-10-18-6-4-5-7-20(18)16-21/h1-16,24H,17,27H2,(H,28,29)/t24-,26+/m0/s1. The Balaban J connectivity index is 1.30. The zero-order valence-corrected chi connectivity index (χ0v) is 16.0. The van der Waals surface area contributed by atoms with Gasteiger partial charge in [-0.1, -0.05) is 72.8 Å². The van der Waals surface area contributed by atoms with Crippen molar-refractivity contribution in [1.82, 2.24) is 0 Å². The zero-order chi connectivity index (χ0) is 19.8. The van der Waals surface area contributed by atoms with E-state index in [9.17, 15) is 4.79 Å². The van der Waals surface area contributed by atoms with Crippen LogP contribution in [0.15, 0.2) is 97.1 Å². The van der Waals surface area contributed by atoms with Crippen LogP contribution in [0.4, 0.5) is 5.69 Å². The normalized spacial score (nSPS) is 20.4. The molecular weight excluding hydrogens is 356 g/mol. The van der Waals surface area contributed by atoms with Crippen LogP contribution >= 0.6 is 0 Å². The Bertz CT molecular complexity index is 1180. The van der Waals surface area contributed by atoms with Crippen LogP contribution in [0, 0.1) is 0 Å². The average Bonchev–Trinajstić information content (AvgIpc) is 3.47. The van der Waals surface area contributed by atoms with Crippen molar-refractivity contribution in [2.45, 2.75) is 17.9 Å². The first-order valence-electron chi connectivity index (χ1n) is 9.88. The molecule has 5 rings (SSSR count). The lowest BCUT2D eigenvalue weighted by molar-refractivity contribution is 0.102. The molecule has 1 aliphatic rings. The van der Waals surface area contributed by atoms with E-state index in [-0.39, 0.29) is 11.4 Å². The minimum Gasteiger partial charge on any atom is -0.322 e. The molecule has 1 fully saturated rings. The van der Waals surface area contributed by atoms with E-state index in [1.807, 2.05) is 72.8 Å². The summed E-state index contributed by atoms with van der Waals surface area (Å²) < 4.78 is 0. The maximum Gasteiger partial charge on any atom is 0.255 e. The largest absolute Gasteiger partial charge is 0.322 e. The molecule has 0 aliphatic heterocycles. The van der Waals surface area contributed by atoms with Crippen molar-refractivity contribution in [3.05, 3.63) is 114 Å². The third-order valence-corrected chi connectivity index (χ3v) is 5.90. The van der Waals surface area contributed by atoms with Crippen LogP contribution < -0.4 is 11.1 Å². The van der Waals surface area contributed by atoms with Crippen molar-refractivity contribution in [3.8, 4) is 0 Å². The summed E-state index contributed by atoms with van der Waals surface area (Å²) in [5.41, 5.74) is 10.2. The second-order valence-electron chi connectivity index (χ2n) is 7.80. The predicted molar refractivity (Wildman–Crippen MR) is 118 cm³/mol. The van der Waals surface area contributed by atoms with Crippen LogP contribution in [-0.4, -0.2) is 5.91 Å². The number of carbonyl (C=O) groups excluding carboxylic acids is 1. The summed E-state index contributed by atoms with van der Waals surface area (Å²) in [7, 11) is 0. The van der Waals surface area contributed by atoms with Gasteiger partial charge < -0.3 is 11.1 Å². The highest BCUT2D eigenvalue weighted by Crippen LogP contribution is 2.56. The molecule has 142 valence electrons. The molecule has 0 aromatic heterocycles. The van der Waals surface area contributed by atoms with Gasteiger partial charge >= 0.3 is 0 Å². The fourth-order valence-corrected chi connectivity index (χ4v) is 4.09. The zero-order valence-electron chi connectivity index (χ0n) is 16.0. The smallest absolute Gasteiger partial charge is 0.255 e. The molecule has 4 aromatic rings. The first-order chi connectivity index (χ1) is 14.1. The number of nitrogens with one attached hydrogen (secondary N) is 1. The Morgan fingerprint density at radius 3 is 2.28 bits per heavy atom. The van der Waals surface area contributed by atoms with Crippen molar-refractivity contribution in [1.29, 1.82) is 0 Å². The number of carbonyl (C=O) groups is 1. The molecular formula is C26H22N2O. The lowest BCUT2D eigenvalue weighted by atomic mass is 9.99. The second kappa shape index (κ2) is 6.87. The molecule has 0 saturated heterocycles. The molecule has 0 radical (unpaired) electrons. The molecule has 0 bridgehead atoms. The third-order valence-electron chi connectivity index (χ3n) is 5.90. The minimum absolute atomic E-state index is 0.104. The predicted octanol–water partition coefficient (Wildman–Crippen LogP) is 5.43. The van der Waals surface area contributed by atoms with Gasteiger partial charge in [0.05, 0.1) is 0 Å². The topological polar surface area (TPSA) is 55.1 Å². The number of amides is 1. The van der Waals surface area contributed by atoms with Gasteiger partial charge in [-0.15, -0.1) is 0 Å². The molecule has 1 saturated carbocycles. The van der Waals surface area contributed by atoms with Crippen molar-refractivity contribution < 1.29 is 4.79 Å². The van der Waals surface area contributed by atoms with Gasteiger partial charge in [0.15, 0.2) is 0 Å². The Labute approximate surface area is 170 Å². The number of benzene rings is 4. The summed E-state index contributed by atoms with van der Waals surface area (Å²) in [5, 5.41) is 5.18. The molecule has 2 atom stereocenters. The van der Waals surface area contributed by atoms with Crippen LogP contribution in [0.1, 0.15) is 33.8 Å². The molecule has 0 spiro atoms. The van der Waals surface area contributed by atoms with Crippen LogP contribution in [-0.2, 0) is 5.54 Å². The van der Waals surface area contributed by atoms with Gasteiger partial charge in [-0.2, -0.15) is 0 Å². The third kappa shape index (κ3) is 3.30. The molecule has 3 nitrogen and oxygen atoms in total. The molecule has 1 aliphatic carbocycles. The van der Waals surface area contributed by atoms with Gasteiger partial charge in [0.2, 0.25) is 0 Å². The molecule has 0 unspecified atom stereocenters. The van der Waals surface area contributed by atoms with Gasteiger partial charge in [-0.25, -0.2) is 0 Å². The van der Waals surface area contributed by atoms with E-state index in [0.717, 1.165) is 22.9 Å². The number of nitrogens with two attached hydrogens (primary N) is 1. The Morgan fingerprint density at radius 2 is 1.52 bits per heavy atom. The average molecular weight is 378 g/mol. The summed E-state index contributed by atoms with van der Waals surface area (Å²) in [6.07, 6.45) is 0.944. The fourth-order valence-electron chi connectivity index (χ4n) is 4.09. The number of fused-ring (bicyclic) bond motifs is 1. The second-order valence-corrected chi connectivity index (χ2v) is 7.80. The van der Waals surface area contributed by atoms with Crippen molar-refractivity contribution in [2.75, 3.05) is 5.32 Å². The van der Waals surface area contributed by atoms with Crippen LogP contribution in [0.3, 0.4) is 0 Å². The van der Waals surface area contributed by atoms with Crippen molar-refractivity contribution >= 4 is 22.4 Å². The van der Waals surface area contributed by atoms with Crippen molar-refractivity contribution in [3.63, 3.8) is 0 Å². The Morgan fingerprint density at radius 1 is 0.828 bits per heavy atom.